The number of hydrogen-bond acceptors (Lipinski definition) is 5. The minimum absolute atomic E-state index is 0.319. The zero-order chi connectivity index (χ0) is 9.68. The van der Waals surface area contributed by atoms with Crippen LogP contribution < -0.4 is 5.32 Å². The number of carboxylic acid groups (broad SMARTS) is 1. The monoisotopic (exact) mass is 201 g/mol. The lowest BCUT2D eigenvalue weighted by Crippen LogP contribution is -2.14. The van der Waals surface area contributed by atoms with E-state index in [4.69, 9.17) is 5.11 Å². The van der Waals surface area contributed by atoms with Crippen LogP contribution in [0.4, 0.5) is 5.13 Å². The molecule has 0 spiro atoms. The van der Waals surface area contributed by atoms with E-state index in [2.05, 4.69) is 15.5 Å². The van der Waals surface area contributed by atoms with Crippen LogP contribution in [0.15, 0.2) is 5.51 Å². The van der Waals surface area contributed by atoms with Gasteiger partial charge in [-0.05, 0) is 6.42 Å². The highest BCUT2D eigenvalue weighted by Crippen LogP contribution is 2.09. The van der Waals surface area contributed by atoms with Gasteiger partial charge in [-0.1, -0.05) is 18.3 Å². The third kappa shape index (κ3) is 3.37. The van der Waals surface area contributed by atoms with Crippen LogP contribution in [-0.2, 0) is 4.79 Å². The smallest absolute Gasteiger partial charge is 0.306 e. The molecule has 5 nitrogen and oxygen atoms in total. The van der Waals surface area contributed by atoms with Gasteiger partial charge in [-0.2, -0.15) is 0 Å². The second-order valence-corrected chi connectivity index (χ2v) is 3.53. The first-order chi connectivity index (χ1) is 6.20. The SMILES string of the molecule is CC(CCNc1nncs1)C(=O)O. The summed E-state index contributed by atoms with van der Waals surface area (Å²) in [5.41, 5.74) is 1.63. The predicted octanol–water partition coefficient (Wildman–Crippen LogP) is 1.06. The molecule has 6 heteroatoms. The van der Waals surface area contributed by atoms with Crippen LogP contribution in [0.3, 0.4) is 0 Å². The van der Waals surface area contributed by atoms with Crippen LogP contribution in [0.5, 0.6) is 0 Å². The minimum atomic E-state index is -0.765. The molecule has 1 heterocycles. The molecule has 1 aromatic rings. The molecule has 0 aliphatic carbocycles. The van der Waals surface area contributed by atoms with E-state index in [9.17, 15) is 4.79 Å². The molecule has 1 atom stereocenters. The van der Waals surface area contributed by atoms with E-state index >= 15 is 0 Å². The Bertz CT molecular complexity index is 263. The Labute approximate surface area is 79.8 Å². The lowest BCUT2D eigenvalue weighted by atomic mass is 10.1. The number of aromatic nitrogens is 2. The fourth-order valence-electron chi connectivity index (χ4n) is 0.769. The molecule has 0 radical (unpaired) electrons. The Morgan fingerprint density at radius 1 is 1.85 bits per heavy atom. The maximum atomic E-state index is 10.4. The van der Waals surface area contributed by atoms with E-state index in [1.165, 1.54) is 11.3 Å². The summed E-state index contributed by atoms with van der Waals surface area (Å²) in [6, 6.07) is 0. The number of anilines is 1. The van der Waals surface area contributed by atoms with E-state index in [1.807, 2.05) is 0 Å². The van der Waals surface area contributed by atoms with Gasteiger partial charge >= 0.3 is 5.97 Å². The van der Waals surface area contributed by atoms with E-state index in [1.54, 1.807) is 12.4 Å². The third-order valence-corrected chi connectivity index (χ3v) is 2.28. The van der Waals surface area contributed by atoms with Gasteiger partial charge in [0.15, 0.2) is 0 Å². The summed E-state index contributed by atoms with van der Waals surface area (Å²) >= 11 is 1.40. The van der Waals surface area contributed by atoms with Crippen LogP contribution in [0, 0.1) is 5.92 Å². The zero-order valence-electron chi connectivity index (χ0n) is 7.23. The number of carbonyl (C=O) groups is 1. The van der Waals surface area contributed by atoms with Gasteiger partial charge in [0.2, 0.25) is 5.13 Å². The molecule has 0 saturated carbocycles. The number of rotatable bonds is 5. The summed E-state index contributed by atoms with van der Waals surface area (Å²) in [6.07, 6.45) is 0.592. The minimum Gasteiger partial charge on any atom is -0.481 e. The highest BCUT2D eigenvalue weighted by molar-refractivity contribution is 7.13. The van der Waals surface area contributed by atoms with Gasteiger partial charge in [0.25, 0.3) is 0 Å². The standard InChI is InChI=1S/C7H11N3O2S/c1-5(6(11)12)2-3-8-7-10-9-4-13-7/h4-5H,2-3H2,1H3,(H,8,10)(H,11,12). The number of nitrogens with zero attached hydrogens (tertiary/aromatic N) is 2. The first-order valence-corrected chi connectivity index (χ1v) is 4.81. The van der Waals surface area contributed by atoms with Crippen molar-refractivity contribution in [1.29, 1.82) is 0 Å². The molecule has 0 fully saturated rings. The van der Waals surface area contributed by atoms with Gasteiger partial charge in [0.1, 0.15) is 5.51 Å². The fraction of sp³-hybridized carbons (Fsp3) is 0.571. The quantitative estimate of drug-likeness (QED) is 0.745. The van der Waals surface area contributed by atoms with Gasteiger partial charge < -0.3 is 10.4 Å². The van der Waals surface area contributed by atoms with E-state index in [0.29, 0.717) is 13.0 Å². The largest absolute Gasteiger partial charge is 0.481 e. The summed E-state index contributed by atoms with van der Waals surface area (Å²) in [7, 11) is 0. The summed E-state index contributed by atoms with van der Waals surface area (Å²) in [5, 5.41) is 19.7. The summed E-state index contributed by atoms with van der Waals surface area (Å²) in [6.45, 7) is 2.30. The average molecular weight is 201 g/mol. The number of nitrogens with one attached hydrogen (secondary N) is 1. The molecule has 0 amide bonds. The van der Waals surface area contributed by atoms with Gasteiger partial charge in [-0.3, -0.25) is 4.79 Å². The summed E-state index contributed by atoms with van der Waals surface area (Å²) in [5.74, 6) is -1.08. The molecule has 1 aromatic heterocycles. The van der Waals surface area contributed by atoms with Crippen molar-refractivity contribution in [3.05, 3.63) is 5.51 Å². The summed E-state index contributed by atoms with van der Waals surface area (Å²) in [4.78, 5) is 10.4. The van der Waals surface area contributed by atoms with Crippen molar-refractivity contribution in [2.75, 3.05) is 11.9 Å². The Morgan fingerprint density at radius 3 is 3.15 bits per heavy atom. The van der Waals surface area contributed by atoms with Crippen LogP contribution in [-0.4, -0.2) is 27.8 Å². The van der Waals surface area contributed by atoms with Crippen molar-refractivity contribution in [2.24, 2.45) is 5.92 Å². The van der Waals surface area contributed by atoms with E-state index < -0.39 is 5.97 Å². The maximum Gasteiger partial charge on any atom is 0.306 e. The fourth-order valence-corrected chi connectivity index (χ4v) is 1.24. The summed E-state index contributed by atoms with van der Waals surface area (Å²) < 4.78 is 0. The molecule has 13 heavy (non-hydrogen) atoms. The van der Waals surface area contributed by atoms with Crippen LogP contribution in [0.25, 0.3) is 0 Å². The van der Waals surface area contributed by atoms with Crippen molar-refractivity contribution in [1.82, 2.24) is 10.2 Å². The molecule has 72 valence electrons. The lowest BCUT2D eigenvalue weighted by Gasteiger charge is -2.05. The molecular weight excluding hydrogens is 190 g/mol. The number of carboxylic acids is 1. The first kappa shape index (κ1) is 9.91. The Morgan fingerprint density at radius 2 is 2.62 bits per heavy atom. The molecule has 0 aliphatic rings. The van der Waals surface area contributed by atoms with E-state index in [-0.39, 0.29) is 5.92 Å². The maximum absolute atomic E-state index is 10.4. The first-order valence-electron chi connectivity index (χ1n) is 3.93. The number of aliphatic carboxylic acids is 1. The molecule has 1 unspecified atom stereocenters. The topological polar surface area (TPSA) is 75.1 Å². The Kier molecular flexibility index (Phi) is 3.63. The van der Waals surface area contributed by atoms with Crippen LogP contribution in [0.1, 0.15) is 13.3 Å². The Balaban J connectivity index is 2.18. The third-order valence-electron chi connectivity index (χ3n) is 1.64. The lowest BCUT2D eigenvalue weighted by molar-refractivity contribution is -0.141. The average Bonchev–Trinajstić information content (AvgIpc) is 2.56. The van der Waals surface area contributed by atoms with Gasteiger partial charge in [0.05, 0.1) is 5.92 Å². The second kappa shape index (κ2) is 4.76. The molecule has 1 rings (SSSR count). The van der Waals surface area contributed by atoms with Crippen LogP contribution >= 0.6 is 11.3 Å². The van der Waals surface area contributed by atoms with Crippen molar-refractivity contribution >= 4 is 22.4 Å². The normalized spacial score (nSPS) is 12.4. The van der Waals surface area contributed by atoms with Crippen molar-refractivity contribution in [3.8, 4) is 0 Å². The van der Waals surface area contributed by atoms with Gasteiger partial charge in [-0.25, -0.2) is 0 Å². The zero-order valence-corrected chi connectivity index (χ0v) is 8.04. The highest BCUT2D eigenvalue weighted by Gasteiger charge is 2.09. The van der Waals surface area contributed by atoms with Crippen molar-refractivity contribution in [3.63, 3.8) is 0 Å². The number of hydrogen-bond donors (Lipinski definition) is 2. The van der Waals surface area contributed by atoms with Crippen molar-refractivity contribution < 1.29 is 9.90 Å². The molecule has 2 N–H and O–H groups in total. The van der Waals surface area contributed by atoms with E-state index in [0.717, 1.165) is 5.13 Å². The van der Waals surface area contributed by atoms with Gasteiger partial charge in [0, 0.05) is 6.54 Å². The van der Waals surface area contributed by atoms with Crippen molar-refractivity contribution in [2.45, 2.75) is 13.3 Å². The van der Waals surface area contributed by atoms with Gasteiger partial charge in [-0.15, -0.1) is 10.2 Å². The molecule has 0 aromatic carbocycles. The predicted molar refractivity (Wildman–Crippen MR) is 49.8 cm³/mol. The highest BCUT2D eigenvalue weighted by atomic mass is 32.1. The molecule has 0 bridgehead atoms. The Hall–Kier alpha value is -1.17. The molecular formula is C7H11N3O2S. The molecule has 0 aliphatic heterocycles. The second-order valence-electron chi connectivity index (χ2n) is 2.70. The van der Waals surface area contributed by atoms with Crippen LogP contribution in [0.2, 0.25) is 0 Å². The molecule has 0 saturated heterocycles.